The lowest BCUT2D eigenvalue weighted by Crippen LogP contribution is -2.32. The van der Waals surface area contributed by atoms with Gasteiger partial charge in [0.25, 0.3) is 15.9 Å². The monoisotopic (exact) mass is 476 g/mol. The number of aromatic nitrogens is 1. The first kappa shape index (κ1) is 22.5. The molecular weight excluding hydrogens is 460 g/mol. The zero-order chi connectivity index (χ0) is 23.8. The molecule has 0 atom stereocenters. The fourth-order valence-electron chi connectivity index (χ4n) is 3.44. The van der Waals surface area contributed by atoms with E-state index in [1.54, 1.807) is 24.3 Å². The van der Waals surface area contributed by atoms with Crippen LogP contribution in [0, 0.1) is 5.82 Å². The average molecular weight is 476 g/mol. The lowest BCUT2D eigenvalue weighted by atomic mass is 10.1. The highest BCUT2D eigenvalue weighted by Gasteiger charge is 2.30. The third-order valence-electron chi connectivity index (χ3n) is 4.99. The van der Waals surface area contributed by atoms with Crippen molar-refractivity contribution in [3.05, 3.63) is 102 Å². The minimum absolute atomic E-state index is 0.0562. The highest BCUT2D eigenvalue weighted by Crippen LogP contribution is 2.30. The Labute approximate surface area is 186 Å². The largest absolute Gasteiger partial charge is 0.416 e. The van der Waals surface area contributed by atoms with Crippen molar-refractivity contribution < 1.29 is 30.8 Å². The van der Waals surface area contributed by atoms with Gasteiger partial charge < -0.3 is 4.57 Å². The van der Waals surface area contributed by atoms with Crippen LogP contribution in [0.1, 0.15) is 21.6 Å². The third-order valence-corrected chi connectivity index (χ3v) is 6.34. The lowest BCUT2D eigenvalue weighted by Gasteiger charge is -2.13. The summed E-state index contributed by atoms with van der Waals surface area (Å²) in [6.45, 7) is -0.100. The second-order valence-electron chi connectivity index (χ2n) is 7.26. The van der Waals surface area contributed by atoms with Gasteiger partial charge in [0.1, 0.15) is 11.5 Å². The first-order valence-corrected chi connectivity index (χ1v) is 11.1. The van der Waals surface area contributed by atoms with Crippen LogP contribution in [-0.4, -0.2) is 18.9 Å². The van der Waals surface area contributed by atoms with Crippen LogP contribution in [0.15, 0.2) is 83.8 Å². The zero-order valence-corrected chi connectivity index (χ0v) is 17.6. The van der Waals surface area contributed by atoms with Crippen molar-refractivity contribution >= 4 is 26.8 Å². The van der Waals surface area contributed by atoms with Gasteiger partial charge in [0.15, 0.2) is 0 Å². The Morgan fingerprint density at radius 2 is 1.61 bits per heavy atom. The number of carbonyl (C=O) groups excluding carboxylic acids is 1. The molecule has 0 bridgehead atoms. The number of benzene rings is 3. The Hall–Kier alpha value is -3.66. The van der Waals surface area contributed by atoms with E-state index in [1.807, 2.05) is 4.72 Å². The van der Waals surface area contributed by atoms with E-state index in [4.69, 9.17) is 0 Å². The van der Waals surface area contributed by atoms with Gasteiger partial charge in [0.05, 0.1) is 10.5 Å². The van der Waals surface area contributed by atoms with Gasteiger partial charge in [-0.3, -0.25) is 4.79 Å². The fraction of sp³-hybridized carbons (Fsp3) is 0.0870. The highest BCUT2D eigenvalue weighted by molar-refractivity contribution is 7.90. The second kappa shape index (κ2) is 8.36. The van der Waals surface area contributed by atoms with Gasteiger partial charge in [-0.15, -0.1) is 0 Å². The number of sulfonamides is 1. The van der Waals surface area contributed by atoms with Gasteiger partial charge >= 0.3 is 6.18 Å². The maximum Gasteiger partial charge on any atom is 0.416 e. The molecule has 0 fully saturated rings. The zero-order valence-electron chi connectivity index (χ0n) is 16.8. The molecule has 4 rings (SSSR count). The smallest absolute Gasteiger partial charge is 0.332 e. The Morgan fingerprint density at radius 3 is 2.30 bits per heavy atom. The molecule has 0 aliphatic carbocycles. The summed E-state index contributed by atoms with van der Waals surface area (Å²) in [4.78, 5) is 12.6. The van der Waals surface area contributed by atoms with E-state index >= 15 is 0 Å². The minimum Gasteiger partial charge on any atom is -0.332 e. The molecule has 1 aromatic heterocycles. The van der Waals surface area contributed by atoms with Crippen LogP contribution in [0.25, 0.3) is 10.9 Å². The minimum atomic E-state index is -4.53. The molecule has 0 spiro atoms. The van der Waals surface area contributed by atoms with Crippen molar-refractivity contribution in [2.24, 2.45) is 0 Å². The Morgan fingerprint density at radius 1 is 0.909 bits per heavy atom. The average Bonchev–Trinajstić information content (AvgIpc) is 3.12. The molecule has 170 valence electrons. The molecule has 0 radical (unpaired) electrons. The Kier molecular flexibility index (Phi) is 5.71. The SMILES string of the molecule is O=C(NS(=O)(=O)c1ccc(F)cc1)c1cc2ccccc2n1Cc1cccc(C(F)(F)F)c1. The molecule has 0 saturated heterocycles. The summed E-state index contributed by atoms with van der Waals surface area (Å²) in [6, 6.07) is 16.8. The number of nitrogens with one attached hydrogen (secondary N) is 1. The van der Waals surface area contributed by atoms with E-state index in [2.05, 4.69) is 0 Å². The maximum atomic E-state index is 13.1. The topological polar surface area (TPSA) is 68.2 Å². The van der Waals surface area contributed by atoms with Crippen molar-refractivity contribution in [3.63, 3.8) is 0 Å². The summed E-state index contributed by atoms with van der Waals surface area (Å²) in [7, 11) is -4.31. The van der Waals surface area contributed by atoms with Gasteiger partial charge in [-0.05, 0) is 54.1 Å². The number of halogens is 4. The summed E-state index contributed by atoms with van der Waals surface area (Å²) in [6.07, 6.45) is -4.53. The van der Waals surface area contributed by atoms with E-state index in [0.29, 0.717) is 10.9 Å². The molecular formula is C23H16F4N2O3S. The van der Waals surface area contributed by atoms with E-state index in [9.17, 15) is 30.8 Å². The van der Waals surface area contributed by atoms with E-state index in [-0.39, 0.29) is 22.7 Å². The van der Waals surface area contributed by atoms with Crippen molar-refractivity contribution in [1.29, 1.82) is 0 Å². The third kappa shape index (κ3) is 4.75. The van der Waals surface area contributed by atoms with Gasteiger partial charge in [-0.2, -0.15) is 13.2 Å². The van der Waals surface area contributed by atoms with Gasteiger partial charge in [0, 0.05) is 17.4 Å². The summed E-state index contributed by atoms with van der Waals surface area (Å²) in [5, 5.41) is 0.605. The fourth-order valence-corrected chi connectivity index (χ4v) is 4.41. The molecule has 33 heavy (non-hydrogen) atoms. The van der Waals surface area contributed by atoms with Gasteiger partial charge in [-0.25, -0.2) is 17.5 Å². The first-order chi connectivity index (χ1) is 15.5. The van der Waals surface area contributed by atoms with Crippen LogP contribution in [0.3, 0.4) is 0 Å². The van der Waals surface area contributed by atoms with Crippen molar-refractivity contribution in [2.75, 3.05) is 0 Å². The summed E-state index contributed by atoms with van der Waals surface area (Å²) in [5.41, 5.74) is -0.0680. The van der Waals surface area contributed by atoms with Crippen LogP contribution in [0.2, 0.25) is 0 Å². The molecule has 0 aliphatic rings. The molecule has 10 heteroatoms. The number of carbonyl (C=O) groups is 1. The predicted molar refractivity (Wildman–Crippen MR) is 114 cm³/mol. The number of rotatable bonds is 5. The van der Waals surface area contributed by atoms with Crippen molar-refractivity contribution in [2.45, 2.75) is 17.6 Å². The number of nitrogens with zero attached hydrogens (tertiary/aromatic N) is 1. The van der Waals surface area contributed by atoms with Crippen LogP contribution < -0.4 is 4.72 Å². The van der Waals surface area contributed by atoms with Gasteiger partial charge in [-0.1, -0.05) is 30.3 Å². The second-order valence-corrected chi connectivity index (χ2v) is 8.94. The number of alkyl halides is 3. The molecule has 0 aliphatic heterocycles. The van der Waals surface area contributed by atoms with Crippen LogP contribution >= 0.6 is 0 Å². The summed E-state index contributed by atoms with van der Waals surface area (Å²) in [5.74, 6) is -1.61. The van der Waals surface area contributed by atoms with Crippen LogP contribution in [0.5, 0.6) is 0 Å². The van der Waals surface area contributed by atoms with Crippen LogP contribution in [-0.2, 0) is 22.7 Å². The Balaban J connectivity index is 1.72. The standard InChI is InChI=1S/C23H16F4N2O3S/c24-18-8-10-19(11-9-18)33(31,32)28-22(30)21-13-16-5-1-2-7-20(16)29(21)14-15-4-3-6-17(12-15)23(25,26)27/h1-13H,14H2,(H,28,30). The predicted octanol–water partition coefficient (Wildman–Crippen LogP) is 4.97. The number of para-hydroxylation sites is 1. The lowest BCUT2D eigenvalue weighted by molar-refractivity contribution is -0.137. The quantitative estimate of drug-likeness (QED) is 0.414. The highest BCUT2D eigenvalue weighted by atomic mass is 32.2. The van der Waals surface area contributed by atoms with Crippen molar-refractivity contribution in [3.8, 4) is 0 Å². The number of amides is 1. The van der Waals surface area contributed by atoms with E-state index in [1.165, 1.54) is 22.8 Å². The first-order valence-electron chi connectivity index (χ1n) is 9.62. The molecule has 1 N–H and O–H groups in total. The molecule has 0 unspecified atom stereocenters. The number of fused-ring (bicyclic) bond motifs is 1. The molecule has 4 aromatic rings. The van der Waals surface area contributed by atoms with E-state index < -0.39 is 33.5 Å². The van der Waals surface area contributed by atoms with E-state index in [0.717, 1.165) is 36.4 Å². The Bertz CT molecular complexity index is 1440. The molecule has 3 aromatic carbocycles. The summed E-state index contributed by atoms with van der Waals surface area (Å²) >= 11 is 0. The van der Waals surface area contributed by atoms with Gasteiger partial charge in [0.2, 0.25) is 0 Å². The normalized spacial score (nSPS) is 12.1. The number of hydrogen-bond donors (Lipinski definition) is 1. The summed E-state index contributed by atoms with van der Waals surface area (Å²) < 4.78 is 81.0. The number of hydrogen-bond acceptors (Lipinski definition) is 3. The van der Waals surface area contributed by atoms with Crippen molar-refractivity contribution in [1.82, 2.24) is 9.29 Å². The molecule has 1 heterocycles. The maximum absolute atomic E-state index is 13.1. The molecule has 1 amide bonds. The molecule has 5 nitrogen and oxygen atoms in total. The van der Waals surface area contributed by atoms with Crippen LogP contribution in [0.4, 0.5) is 17.6 Å². The molecule has 0 saturated carbocycles.